The Kier molecular flexibility index (Phi) is 11.8. The lowest BCUT2D eigenvalue weighted by Crippen LogP contribution is -2.32. The Labute approximate surface area is 363 Å². The number of ketones is 1. The highest BCUT2D eigenvalue weighted by Gasteiger charge is 2.34. The zero-order chi connectivity index (χ0) is 42.7. The number of Topliss-reactive ketones (excluding diaryl/α,β-unsaturated/α-hetero) is 1. The zero-order valence-corrected chi connectivity index (χ0v) is 35.6. The lowest BCUT2D eigenvalue weighted by Gasteiger charge is -2.29. The first-order valence-corrected chi connectivity index (χ1v) is 21.7. The first kappa shape index (κ1) is 40.9. The van der Waals surface area contributed by atoms with Crippen molar-refractivity contribution >= 4 is 52.3 Å². The minimum absolute atomic E-state index is 0.0361. The summed E-state index contributed by atoms with van der Waals surface area (Å²) in [5.74, 6) is 2.39. The van der Waals surface area contributed by atoms with Gasteiger partial charge < -0.3 is 34.5 Å². The van der Waals surface area contributed by atoms with E-state index in [2.05, 4.69) is 42.3 Å². The molecule has 4 heterocycles. The fraction of sp³-hybridized carbons (Fsp3) is 0.333. The second kappa shape index (κ2) is 17.9. The molecule has 0 saturated carbocycles. The number of fused-ring (bicyclic) bond motifs is 4. The predicted octanol–water partition coefficient (Wildman–Crippen LogP) is 9.62. The largest absolute Gasteiger partial charge is 0.493 e. The number of rotatable bonds is 13. The van der Waals surface area contributed by atoms with Gasteiger partial charge in [0.2, 0.25) is 0 Å². The molecule has 4 aliphatic heterocycles. The fourth-order valence-electron chi connectivity index (χ4n) is 9.12. The van der Waals surface area contributed by atoms with Crippen LogP contribution in [-0.2, 0) is 0 Å². The molecule has 0 radical (unpaired) electrons. The van der Waals surface area contributed by atoms with Gasteiger partial charge in [0.1, 0.15) is 0 Å². The van der Waals surface area contributed by atoms with E-state index in [4.69, 9.17) is 34.7 Å². The van der Waals surface area contributed by atoms with Gasteiger partial charge >= 0.3 is 0 Å². The van der Waals surface area contributed by atoms with E-state index in [0.29, 0.717) is 83.2 Å². The Morgan fingerprint density at radius 1 is 0.710 bits per heavy atom. The van der Waals surface area contributed by atoms with Crippen molar-refractivity contribution in [3.63, 3.8) is 0 Å². The Bertz CT molecular complexity index is 2530. The van der Waals surface area contributed by atoms with E-state index in [1.165, 1.54) is 29.5 Å². The van der Waals surface area contributed by atoms with Crippen molar-refractivity contribution in [2.45, 2.75) is 56.9 Å². The van der Waals surface area contributed by atoms with Crippen molar-refractivity contribution < 1.29 is 28.5 Å². The van der Waals surface area contributed by atoms with Crippen LogP contribution in [0.5, 0.6) is 23.0 Å². The predicted molar refractivity (Wildman–Crippen MR) is 245 cm³/mol. The summed E-state index contributed by atoms with van der Waals surface area (Å²) in [6.45, 7) is 3.19. The van der Waals surface area contributed by atoms with Gasteiger partial charge in [-0.05, 0) is 117 Å². The molecule has 0 bridgehead atoms. The van der Waals surface area contributed by atoms with Crippen molar-refractivity contribution in [2.24, 2.45) is 15.9 Å². The van der Waals surface area contributed by atoms with Crippen molar-refractivity contribution in [3.05, 3.63) is 125 Å². The van der Waals surface area contributed by atoms with Crippen LogP contribution in [0.4, 0.5) is 17.1 Å². The van der Waals surface area contributed by atoms with E-state index >= 15 is 0 Å². The van der Waals surface area contributed by atoms with E-state index < -0.39 is 0 Å². The number of unbranched alkanes of at least 4 members (excludes halogenated alkanes) is 2. The molecule has 2 atom stereocenters. The molecule has 11 nitrogen and oxygen atoms in total. The molecule has 9 rings (SSSR count). The molecule has 0 aromatic heterocycles. The number of nitrogens with two attached hydrogens (primary N) is 1. The number of methoxy groups -OCH3 is 2. The summed E-state index contributed by atoms with van der Waals surface area (Å²) in [5.41, 5.74) is 15.4. The molecule has 2 N–H and O–H groups in total. The molecule has 0 unspecified atom stereocenters. The second-order valence-electron chi connectivity index (χ2n) is 16.8. The number of amides is 1. The van der Waals surface area contributed by atoms with Gasteiger partial charge in [0.05, 0.1) is 56.0 Å². The maximum absolute atomic E-state index is 13.9. The average Bonchev–Trinajstić information content (AvgIpc) is 3.63. The third-order valence-corrected chi connectivity index (χ3v) is 12.7. The highest BCUT2D eigenvalue weighted by Crippen LogP contribution is 2.43. The van der Waals surface area contributed by atoms with E-state index in [1.807, 2.05) is 55.0 Å². The average molecular weight is 832 g/mol. The highest BCUT2D eigenvalue weighted by molar-refractivity contribution is 6.16. The SMILES string of the molecule is COc1cc2c(cc1OCCCCCOc1cc3c(cc1OC)C(=O)N1C=C(c4cccc(N)c4)C[C@H]1C=N3)N=C[C@@H]1CC(c3ccc(C4CCN(C)CC4)cc3)=CC=C1C2=O. The van der Waals surface area contributed by atoms with E-state index in [1.54, 1.807) is 37.3 Å². The Morgan fingerprint density at radius 2 is 1.39 bits per heavy atom. The summed E-state index contributed by atoms with van der Waals surface area (Å²) in [6.07, 6.45) is 15.8. The maximum Gasteiger partial charge on any atom is 0.260 e. The van der Waals surface area contributed by atoms with Gasteiger partial charge in [0, 0.05) is 54.4 Å². The smallest absolute Gasteiger partial charge is 0.260 e. The number of nitrogens with zero attached hydrogens (tertiary/aromatic N) is 4. The van der Waals surface area contributed by atoms with Gasteiger partial charge in [-0.3, -0.25) is 19.6 Å². The van der Waals surface area contributed by atoms with Crippen LogP contribution in [0.15, 0.2) is 107 Å². The van der Waals surface area contributed by atoms with Gasteiger partial charge in [-0.25, -0.2) is 0 Å². The topological polar surface area (TPSA) is 128 Å². The minimum Gasteiger partial charge on any atom is -0.493 e. The molecular formula is C51H53N5O6. The van der Waals surface area contributed by atoms with Crippen LogP contribution in [0, 0.1) is 5.92 Å². The first-order valence-electron chi connectivity index (χ1n) is 21.7. The van der Waals surface area contributed by atoms with E-state index in [0.717, 1.165) is 49.1 Å². The van der Waals surface area contributed by atoms with Crippen LogP contribution in [-0.4, -0.2) is 87.5 Å². The van der Waals surface area contributed by atoms with Gasteiger partial charge in [-0.2, -0.15) is 0 Å². The molecule has 0 spiro atoms. The van der Waals surface area contributed by atoms with Crippen LogP contribution in [0.2, 0.25) is 0 Å². The molecule has 5 aliphatic rings. The summed E-state index contributed by atoms with van der Waals surface area (Å²) in [6, 6.07) is 23.6. The van der Waals surface area contributed by atoms with Crippen molar-refractivity contribution in [1.82, 2.24) is 9.80 Å². The Morgan fingerprint density at radius 3 is 2.08 bits per heavy atom. The summed E-state index contributed by atoms with van der Waals surface area (Å²) in [4.78, 5) is 41.3. The van der Waals surface area contributed by atoms with Gasteiger partial charge in [0.25, 0.3) is 5.91 Å². The molecule has 4 aromatic rings. The fourth-order valence-corrected chi connectivity index (χ4v) is 9.12. The number of likely N-dealkylation sites (tertiary alicyclic amines) is 1. The van der Waals surface area contributed by atoms with Crippen LogP contribution >= 0.6 is 0 Å². The number of ether oxygens (including phenoxy) is 4. The number of aliphatic imine (C=N–C) groups is 2. The van der Waals surface area contributed by atoms with E-state index in [9.17, 15) is 9.59 Å². The quantitative estimate of drug-likeness (QED) is 0.104. The number of carbonyl (C=O) groups excluding carboxylic acids is 2. The number of hydrogen-bond donors (Lipinski definition) is 1. The molecule has 62 heavy (non-hydrogen) atoms. The molecule has 1 amide bonds. The summed E-state index contributed by atoms with van der Waals surface area (Å²) in [5, 5.41) is 0. The van der Waals surface area contributed by atoms with Gasteiger partial charge in [-0.15, -0.1) is 0 Å². The normalized spacial score (nSPS) is 19.6. The number of anilines is 1. The molecule has 1 aliphatic carbocycles. The molecule has 1 fully saturated rings. The molecule has 318 valence electrons. The minimum atomic E-state index is -0.193. The van der Waals surface area contributed by atoms with Crippen molar-refractivity contribution in [1.29, 1.82) is 0 Å². The summed E-state index contributed by atoms with van der Waals surface area (Å²) < 4.78 is 23.8. The maximum atomic E-state index is 13.9. The van der Waals surface area contributed by atoms with Crippen LogP contribution in [0.25, 0.3) is 11.1 Å². The standard InChI is InChI=1S/C51H53N5O6/c1-55-18-16-34(17-19-55)32-10-12-33(13-11-32)36-14-15-41-37(22-36)29-53-44-27-48(46(59-2)25-42(44)50(41)57)61-20-5-4-6-21-62-49-28-45-43(26-47(49)60-3)51(58)56-31-38(24-40(56)30-54-45)35-8-7-9-39(52)23-35/h7-15,23,25-31,34,37,40H,4-6,16-22,24,52H2,1-3H3/t37-,40-/m0/s1. The first-order chi connectivity index (χ1) is 30.3. The number of hydrogen-bond acceptors (Lipinski definition) is 10. The number of carbonyl (C=O) groups is 2. The van der Waals surface area contributed by atoms with Gasteiger partial charge in [-0.1, -0.05) is 48.6 Å². The van der Waals surface area contributed by atoms with Crippen LogP contribution < -0.4 is 24.7 Å². The van der Waals surface area contributed by atoms with Gasteiger partial charge in [0.15, 0.2) is 28.8 Å². The number of nitrogen functional groups attached to an aromatic ring is 1. The second-order valence-corrected chi connectivity index (χ2v) is 16.8. The molecule has 1 saturated heterocycles. The Balaban J connectivity index is 0.779. The number of piperidine rings is 1. The van der Waals surface area contributed by atoms with Crippen molar-refractivity contribution in [3.8, 4) is 23.0 Å². The number of allylic oxidation sites excluding steroid dienone is 4. The summed E-state index contributed by atoms with van der Waals surface area (Å²) >= 11 is 0. The lowest BCUT2D eigenvalue weighted by molar-refractivity contribution is 0.0817. The monoisotopic (exact) mass is 831 g/mol. The summed E-state index contributed by atoms with van der Waals surface area (Å²) in [7, 11) is 5.35. The highest BCUT2D eigenvalue weighted by atomic mass is 16.5. The lowest BCUT2D eigenvalue weighted by atomic mass is 9.81. The molecular weight excluding hydrogens is 779 g/mol. The number of benzene rings is 4. The third kappa shape index (κ3) is 8.41. The Hall–Kier alpha value is -6.46. The van der Waals surface area contributed by atoms with Crippen LogP contribution in [0.3, 0.4) is 0 Å². The zero-order valence-electron chi connectivity index (χ0n) is 35.6. The van der Waals surface area contributed by atoms with E-state index in [-0.39, 0.29) is 23.7 Å². The third-order valence-electron chi connectivity index (χ3n) is 12.7. The molecule has 4 aromatic carbocycles. The van der Waals surface area contributed by atoms with Crippen molar-refractivity contribution in [2.75, 3.05) is 53.3 Å². The molecule has 11 heteroatoms. The van der Waals surface area contributed by atoms with Crippen LogP contribution in [0.1, 0.15) is 88.3 Å².